The maximum atomic E-state index is 14.4. The molecular weight excluding hydrogens is 792 g/mol. The van der Waals surface area contributed by atoms with E-state index < -0.39 is 23.3 Å². The first-order chi connectivity index (χ1) is 19.3. The summed E-state index contributed by atoms with van der Waals surface area (Å²) in [6.07, 6.45) is 0.725. The molecule has 0 saturated carbocycles. The predicted octanol–water partition coefficient (Wildman–Crippen LogP) is 3.63. The minimum absolute atomic E-state index is 0.0260. The molecule has 220 valence electrons. The summed E-state index contributed by atoms with van der Waals surface area (Å²) in [5.41, 5.74) is 21.6. The van der Waals surface area contributed by atoms with Crippen LogP contribution in [0.3, 0.4) is 0 Å². The molecule has 1 heterocycles. The molecule has 1 aliphatic heterocycles. The van der Waals surface area contributed by atoms with Crippen molar-refractivity contribution in [3.63, 3.8) is 0 Å². The number of nitrogens with two attached hydrogens (primary N) is 4. The summed E-state index contributed by atoms with van der Waals surface area (Å²) >= 11 is 14.0. The molecule has 2 aromatic rings. The predicted molar refractivity (Wildman–Crippen MR) is 173 cm³/mol. The standard InChI is InChI=1S/C26H30Br4N8O3/c27-17-7-15(8-18(28)11-17)13-26(14-16-9-19(29)12-20(30)10-16)21(39)37(5-1-3-35-23(31)32)25(41)38(22(26)40)6-2-4-36-24(33)34/h7-12H,1-6,13-14H2,(H4,31,32,35)(H4,33,34,36). The van der Waals surface area contributed by atoms with Crippen LogP contribution >= 0.6 is 63.7 Å². The zero-order valence-corrected chi connectivity index (χ0v) is 28.3. The molecule has 15 heteroatoms. The van der Waals surface area contributed by atoms with Gasteiger partial charge in [0.25, 0.3) is 0 Å². The number of rotatable bonds is 12. The van der Waals surface area contributed by atoms with Gasteiger partial charge in [-0.25, -0.2) is 4.79 Å². The number of guanidine groups is 2. The Labute approximate surface area is 271 Å². The quantitative estimate of drug-likeness (QED) is 0.109. The van der Waals surface area contributed by atoms with E-state index in [1.807, 2.05) is 36.4 Å². The smallest absolute Gasteiger partial charge is 0.333 e. The molecule has 0 spiro atoms. The summed E-state index contributed by atoms with van der Waals surface area (Å²) < 4.78 is 3.10. The Kier molecular flexibility index (Phi) is 11.8. The van der Waals surface area contributed by atoms with Gasteiger partial charge in [-0.3, -0.25) is 29.4 Å². The number of hydrogen-bond acceptors (Lipinski definition) is 5. The Morgan fingerprint density at radius 2 is 0.976 bits per heavy atom. The van der Waals surface area contributed by atoms with Crippen LogP contribution in [0.1, 0.15) is 24.0 Å². The Morgan fingerprint density at radius 3 is 1.29 bits per heavy atom. The molecule has 8 N–H and O–H groups in total. The van der Waals surface area contributed by atoms with Crippen LogP contribution in [0.15, 0.2) is 64.3 Å². The maximum Gasteiger partial charge on any atom is 0.333 e. The second kappa shape index (κ2) is 14.6. The number of imide groups is 2. The van der Waals surface area contributed by atoms with Crippen LogP contribution in [0.25, 0.3) is 0 Å². The highest BCUT2D eigenvalue weighted by Gasteiger charge is 2.57. The topological polar surface area (TPSA) is 186 Å². The molecule has 41 heavy (non-hydrogen) atoms. The highest BCUT2D eigenvalue weighted by atomic mass is 79.9. The van der Waals surface area contributed by atoms with Gasteiger partial charge in [0.2, 0.25) is 11.8 Å². The van der Waals surface area contributed by atoms with Gasteiger partial charge in [0.1, 0.15) is 5.41 Å². The van der Waals surface area contributed by atoms with Gasteiger partial charge in [0.15, 0.2) is 11.9 Å². The Bertz CT molecular complexity index is 1230. The second-order valence-electron chi connectivity index (χ2n) is 9.51. The molecule has 1 aliphatic rings. The lowest BCUT2D eigenvalue weighted by Gasteiger charge is -2.44. The largest absolute Gasteiger partial charge is 0.370 e. The second-order valence-corrected chi connectivity index (χ2v) is 13.2. The fourth-order valence-corrected chi connectivity index (χ4v) is 7.46. The molecular formula is C26H30Br4N8O3. The van der Waals surface area contributed by atoms with Gasteiger partial charge in [-0.2, -0.15) is 0 Å². The third kappa shape index (κ3) is 8.75. The number of barbiturate groups is 1. The number of nitrogens with zero attached hydrogens (tertiary/aromatic N) is 4. The van der Waals surface area contributed by atoms with E-state index in [1.165, 1.54) is 0 Å². The van der Waals surface area contributed by atoms with E-state index in [4.69, 9.17) is 22.9 Å². The monoisotopic (exact) mass is 818 g/mol. The number of carbonyl (C=O) groups is 3. The van der Waals surface area contributed by atoms with Crippen LogP contribution in [0.4, 0.5) is 4.79 Å². The Balaban J connectivity index is 2.13. The number of carbonyl (C=O) groups excluding carboxylic acids is 3. The lowest BCUT2D eigenvalue weighted by molar-refractivity contribution is -0.159. The molecule has 2 aromatic carbocycles. The first-order valence-corrected chi connectivity index (χ1v) is 15.7. The van der Waals surface area contributed by atoms with Crippen molar-refractivity contribution in [2.45, 2.75) is 25.7 Å². The Hall–Kier alpha value is -2.49. The van der Waals surface area contributed by atoms with Gasteiger partial charge in [-0.1, -0.05) is 63.7 Å². The molecule has 0 unspecified atom stereocenters. The summed E-state index contributed by atoms with van der Waals surface area (Å²) in [5, 5.41) is 0. The summed E-state index contributed by atoms with van der Waals surface area (Å²) in [6.45, 7) is 0.473. The molecule has 0 aliphatic carbocycles. The molecule has 0 radical (unpaired) electrons. The van der Waals surface area contributed by atoms with E-state index in [1.54, 1.807) is 0 Å². The number of halogens is 4. The average Bonchev–Trinajstić information content (AvgIpc) is 2.85. The van der Waals surface area contributed by atoms with Crippen molar-refractivity contribution in [3.8, 4) is 0 Å². The van der Waals surface area contributed by atoms with Crippen LogP contribution in [-0.4, -0.2) is 65.7 Å². The van der Waals surface area contributed by atoms with Crippen molar-refractivity contribution in [3.05, 3.63) is 65.4 Å². The minimum Gasteiger partial charge on any atom is -0.370 e. The first kappa shape index (κ1) is 33.0. The minimum atomic E-state index is -1.62. The van der Waals surface area contributed by atoms with Crippen LogP contribution < -0.4 is 22.9 Å². The number of amides is 4. The molecule has 3 rings (SSSR count). The summed E-state index contributed by atoms with van der Waals surface area (Å²) in [7, 11) is 0. The van der Waals surface area contributed by atoms with Crippen molar-refractivity contribution < 1.29 is 14.4 Å². The van der Waals surface area contributed by atoms with Gasteiger partial charge in [0, 0.05) is 44.1 Å². The van der Waals surface area contributed by atoms with Crippen LogP contribution in [0.2, 0.25) is 0 Å². The molecule has 0 aromatic heterocycles. The highest BCUT2D eigenvalue weighted by Crippen LogP contribution is 2.39. The third-order valence-electron chi connectivity index (χ3n) is 6.30. The maximum absolute atomic E-state index is 14.4. The Morgan fingerprint density at radius 1 is 0.634 bits per heavy atom. The number of hydrogen-bond donors (Lipinski definition) is 4. The highest BCUT2D eigenvalue weighted by molar-refractivity contribution is 9.11. The summed E-state index contributed by atoms with van der Waals surface area (Å²) in [6, 6.07) is 10.4. The van der Waals surface area contributed by atoms with E-state index in [9.17, 15) is 14.4 Å². The van der Waals surface area contributed by atoms with E-state index in [0.717, 1.165) is 38.8 Å². The van der Waals surface area contributed by atoms with E-state index in [2.05, 4.69) is 73.7 Å². The number of benzene rings is 2. The average molecular weight is 822 g/mol. The normalized spacial score (nSPS) is 14.8. The van der Waals surface area contributed by atoms with Crippen molar-refractivity contribution in [2.24, 2.45) is 38.3 Å². The molecule has 4 amide bonds. The van der Waals surface area contributed by atoms with Gasteiger partial charge < -0.3 is 22.9 Å². The van der Waals surface area contributed by atoms with Gasteiger partial charge >= 0.3 is 6.03 Å². The zero-order valence-electron chi connectivity index (χ0n) is 22.0. The number of urea groups is 1. The lowest BCUT2D eigenvalue weighted by atomic mass is 9.72. The van der Waals surface area contributed by atoms with E-state index in [0.29, 0.717) is 12.8 Å². The molecule has 1 saturated heterocycles. The van der Waals surface area contributed by atoms with Crippen molar-refractivity contribution in [1.82, 2.24) is 9.80 Å². The van der Waals surface area contributed by atoms with Crippen LogP contribution in [0, 0.1) is 5.41 Å². The summed E-state index contributed by atoms with van der Waals surface area (Å²) in [4.78, 5) is 52.6. The fraction of sp³-hybridized carbons (Fsp3) is 0.346. The zero-order chi connectivity index (χ0) is 30.3. The van der Waals surface area contributed by atoms with E-state index >= 15 is 0 Å². The molecule has 0 atom stereocenters. The van der Waals surface area contributed by atoms with Crippen LogP contribution in [-0.2, 0) is 22.4 Å². The van der Waals surface area contributed by atoms with Crippen LogP contribution in [0.5, 0.6) is 0 Å². The van der Waals surface area contributed by atoms with Crippen molar-refractivity contribution in [2.75, 3.05) is 26.2 Å². The summed E-state index contributed by atoms with van der Waals surface area (Å²) in [5.74, 6) is -1.34. The molecule has 1 fully saturated rings. The molecule has 0 bridgehead atoms. The SMILES string of the molecule is NC(N)=NCCCN1C(=O)N(CCCN=C(N)N)C(=O)C(Cc2cc(Br)cc(Br)c2)(Cc2cc(Br)cc(Br)c2)C1=O. The third-order valence-corrected chi connectivity index (χ3v) is 8.13. The fourth-order valence-electron chi connectivity index (χ4n) is 4.68. The first-order valence-electron chi connectivity index (χ1n) is 12.5. The van der Waals surface area contributed by atoms with Gasteiger partial charge in [-0.05, 0) is 73.2 Å². The van der Waals surface area contributed by atoms with E-state index in [-0.39, 0.29) is 50.9 Å². The van der Waals surface area contributed by atoms with Crippen molar-refractivity contribution >= 4 is 93.5 Å². The van der Waals surface area contributed by atoms with Gasteiger partial charge in [0.05, 0.1) is 0 Å². The lowest BCUT2D eigenvalue weighted by Crippen LogP contribution is -2.66. The van der Waals surface area contributed by atoms with Gasteiger partial charge in [-0.15, -0.1) is 0 Å². The number of aliphatic imine (C=N–C) groups is 2. The van der Waals surface area contributed by atoms with Crippen molar-refractivity contribution in [1.29, 1.82) is 0 Å². The molecule has 11 nitrogen and oxygen atoms in total.